The number of amides is 1. The zero-order valence-corrected chi connectivity index (χ0v) is 19.6. The van der Waals surface area contributed by atoms with Crippen molar-refractivity contribution in [3.8, 4) is 0 Å². The van der Waals surface area contributed by atoms with Crippen LogP contribution < -0.4 is 10.2 Å². The lowest BCUT2D eigenvalue weighted by Crippen LogP contribution is -2.40. The van der Waals surface area contributed by atoms with Crippen LogP contribution in [0.3, 0.4) is 0 Å². The van der Waals surface area contributed by atoms with E-state index in [9.17, 15) is 22.4 Å². The first-order chi connectivity index (χ1) is 16.3. The van der Waals surface area contributed by atoms with Crippen molar-refractivity contribution in [1.82, 2.24) is 4.31 Å². The number of carbonyl (C=O) groups excluding carboxylic acids is 2. The summed E-state index contributed by atoms with van der Waals surface area (Å²) in [6.07, 6.45) is 1.98. The van der Waals surface area contributed by atoms with Gasteiger partial charge >= 0.3 is 5.97 Å². The Morgan fingerprint density at radius 2 is 1.74 bits per heavy atom. The molecule has 0 aliphatic carbocycles. The number of sulfonamides is 1. The summed E-state index contributed by atoms with van der Waals surface area (Å²) in [5.74, 6) is -2.25. The van der Waals surface area contributed by atoms with Crippen molar-refractivity contribution in [2.24, 2.45) is 0 Å². The number of halogens is 1. The number of ether oxygens (including phenoxy) is 2. The lowest BCUT2D eigenvalue weighted by Gasteiger charge is -2.26. The number of methoxy groups -OCH3 is 1. The van der Waals surface area contributed by atoms with Crippen molar-refractivity contribution in [2.75, 3.05) is 56.7 Å². The first-order valence-electron chi connectivity index (χ1n) is 11.0. The molecule has 2 saturated heterocycles. The molecule has 0 saturated carbocycles. The van der Waals surface area contributed by atoms with Gasteiger partial charge in [0, 0.05) is 26.2 Å². The van der Waals surface area contributed by atoms with Gasteiger partial charge < -0.3 is 19.7 Å². The average Bonchev–Trinajstić information content (AvgIpc) is 3.39. The van der Waals surface area contributed by atoms with Gasteiger partial charge in [0.1, 0.15) is 5.82 Å². The molecule has 1 amide bonds. The fraction of sp³-hybridized carbons (Fsp3) is 0.391. The minimum absolute atomic E-state index is 0.177. The molecule has 2 aliphatic rings. The van der Waals surface area contributed by atoms with Crippen LogP contribution in [0.25, 0.3) is 0 Å². The van der Waals surface area contributed by atoms with Crippen molar-refractivity contribution >= 4 is 33.3 Å². The van der Waals surface area contributed by atoms with Gasteiger partial charge in [-0.1, -0.05) is 0 Å². The number of benzene rings is 2. The Balaban J connectivity index is 1.66. The Labute approximate surface area is 197 Å². The maximum atomic E-state index is 14.6. The summed E-state index contributed by atoms with van der Waals surface area (Å²) < 4.78 is 51.8. The second kappa shape index (κ2) is 10.1. The maximum absolute atomic E-state index is 14.6. The monoisotopic (exact) mass is 491 g/mol. The van der Waals surface area contributed by atoms with Gasteiger partial charge in [-0.3, -0.25) is 4.79 Å². The van der Waals surface area contributed by atoms with E-state index in [1.807, 2.05) is 0 Å². The number of nitrogens with zero attached hydrogens (tertiary/aromatic N) is 2. The number of anilines is 2. The van der Waals surface area contributed by atoms with Crippen molar-refractivity contribution in [3.63, 3.8) is 0 Å². The molecule has 2 aliphatic heterocycles. The van der Waals surface area contributed by atoms with Crippen LogP contribution in [0.1, 0.15) is 33.6 Å². The number of rotatable bonds is 6. The Kier molecular flexibility index (Phi) is 7.15. The summed E-state index contributed by atoms with van der Waals surface area (Å²) in [5.41, 5.74) is 0.821. The van der Waals surface area contributed by atoms with Crippen LogP contribution in [0.5, 0.6) is 0 Å². The van der Waals surface area contributed by atoms with Gasteiger partial charge in [-0.25, -0.2) is 17.6 Å². The molecule has 0 unspecified atom stereocenters. The standard InChI is InChI=1S/C23H26FN3O6S/c1-32-23(29)16-4-7-21(26-8-2-3-9-26)20(14-16)25-22(28)18-15-17(5-6-19(18)24)34(30,31)27-10-12-33-13-11-27/h4-7,14-15H,2-3,8-13H2,1H3,(H,25,28). The van der Waals surface area contributed by atoms with E-state index in [4.69, 9.17) is 9.47 Å². The molecule has 1 N–H and O–H groups in total. The quantitative estimate of drug-likeness (QED) is 0.619. The number of morpholine rings is 1. The van der Waals surface area contributed by atoms with Gasteiger partial charge in [0.15, 0.2) is 0 Å². The molecular weight excluding hydrogens is 465 g/mol. The van der Waals surface area contributed by atoms with Gasteiger partial charge in [-0.2, -0.15) is 4.31 Å². The molecule has 182 valence electrons. The number of carbonyl (C=O) groups is 2. The number of nitrogens with one attached hydrogen (secondary N) is 1. The molecule has 34 heavy (non-hydrogen) atoms. The molecule has 0 spiro atoms. The minimum atomic E-state index is -3.91. The first-order valence-corrected chi connectivity index (χ1v) is 12.4. The van der Waals surface area contributed by atoms with E-state index >= 15 is 0 Å². The van der Waals surface area contributed by atoms with Crippen molar-refractivity contribution in [1.29, 1.82) is 0 Å². The van der Waals surface area contributed by atoms with E-state index in [2.05, 4.69) is 10.2 Å². The zero-order chi connectivity index (χ0) is 24.3. The van der Waals surface area contributed by atoms with Gasteiger partial charge in [0.2, 0.25) is 10.0 Å². The molecule has 0 atom stereocenters. The van der Waals surface area contributed by atoms with Crippen LogP contribution in [-0.2, 0) is 19.5 Å². The van der Waals surface area contributed by atoms with Crippen molar-refractivity contribution < 1.29 is 31.9 Å². The first kappa shape index (κ1) is 24.1. The predicted molar refractivity (Wildman–Crippen MR) is 123 cm³/mol. The molecular formula is C23H26FN3O6S. The normalized spacial score (nSPS) is 16.9. The van der Waals surface area contributed by atoms with Crippen LogP contribution in [0, 0.1) is 5.82 Å². The van der Waals surface area contributed by atoms with E-state index in [-0.39, 0.29) is 36.8 Å². The number of hydrogen-bond donors (Lipinski definition) is 1. The Hall–Kier alpha value is -3.02. The Morgan fingerprint density at radius 3 is 2.41 bits per heavy atom. The summed E-state index contributed by atoms with van der Waals surface area (Å²) in [6.45, 7) is 2.46. The van der Waals surface area contributed by atoms with Gasteiger partial charge in [-0.05, 0) is 49.2 Å². The highest BCUT2D eigenvalue weighted by molar-refractivity contribution is 7.89. The summed E-state index contributed by atoms with van der Waals surface area (Å²) in [6, 6.07) is 7.94. The fourth-order valence-electron chi connectivity index (χ4n) is 4.08. The van der Waals surface area contributed by atoms with Crippen LogP contribution in [0.15, 0.2) is 41.3 Å². The van der Waals surface area contributed by atoms with Crippen LogP contribution in [-0.4, -0.2) is 71.1 Å². The highest BCUT2D eigenvalue weighted by atomic mass is 32.2. The smallest absolute Gasteiger partial charge is 0.337 e. The molecule has 9 nitrogen and oxygen atoms in total. The zero-order valence-electron chi connectivity index (χ0n) is 18.8. The Morgan fingerprint density at radius 1 is 1.03 bits per heavy atom. The maximum Gasteiger partial charge on any atom is 0.337 e. The second-order valence-corrected chi connectivity index (χ2v) is 9.97. The minimum Gasteiger partial charge on any atom is -0.465 e. The second-order valence-electron chi connectivity index (χ2n) is 8.03. The Bertz CT molecular complexity index is 1190. The molecule has 4 rings (SSSR count). The molecule has 0 radical (unpaired) electrons. The molecule has 2 fully saturated rings. The molecule has 2 heterocycles. The predicted octanol–water partition coefficient (Wildman–Crippen LogP) is 2.49. The summed E-state index contributed by atoms with van der Waals surface area (Å²) in [5, 5.41) is 2.67. The molecule has 2 aromatic rings. The average molecular weight is 492 g/mol. The van der Waals surface area contributed by atoms with Gasteiger partial charge in [0.25, 0.3) is 5.91 Å². The van der Waals surface area contributed by atoms with Crippen LogP contribution in [0.2, 0.25) is 0 Å². The third kappa shape index (κ3) is 4.91. The molecule has 0 aromatic heterocycles. The highest BCUT2D eigenvalue weighted by Crippen LogP contribution is 2.31. The van der Waals surface area contributed by atoms with Crippen LogP contribution >= 0.6 is 0 Å². The number of esters is 1. The van der Waals surface area contributed by atoms with Crippen molar-refractivity contribution in [3.05, 3.63) is 53.3 Å². The topological polar surface area (TPSA) is 105 Å². The van der Waals surface area contributed by atoms with E-state index in [1.54, 1.807) is 12.1 Å². The molecule has 0 bridgehead atoms. The SMILES string of the molecule is COC(=O)c1ccc(N2CCCC2)c(NC(=O)c2cc(S(=O)(=O)N3CCOCC3)ccc2F)c1. The summed E-state index contributed by atoms with van der Waals surface area (Å²) in [4.78, 5) is 27.0. The van der Waals surface area contributed by atoms with Crippen LogP contribution in [0.4, 0.5) is 15.8 Å². The number of hydrogen-bond acceptors (Lipinski definition) is 7. The molecule has 2 aromatic carbocycles. The van der Waals surface area contributed by atoms with Gasteiger partial charge in [0.05, 0.1) is 47.7 Å². The summed E-state index contributed by atoms with van der Waals surface area (Å²) in [7, 11) is -2.66. The third-order valence-electron chi connectivity index (χ3n) is 5.90. The van der Waals surface area contributed by atoms with E-state index < -0.39 is 33.3 Å². The van der Waals surface area contributed by atoms with E-state index in [0.717, 1.165) is 44.1 Å². The van der Waals surface area contributed by atoms with Gasteiger partial charge in [-0.15, -0.1) is 0 Å². The van der Waals surface area contributed by atoms with Crippen molar-refractivity contribution in [2.45, 2.75) is 17.7 Å². The third-order valence-corrected chi connectivity index (χ3v) is 7.80. The largest absolute Gasteiger partial charge is 0.465 e. The fourth-order valence-corrected chi connectivity index (χ4v) is 5.51. The van der Waals surface area contributed by atoms with E-state index in [0.29, 0.717) is 11.4 Å². The highest BCUT2D eigenvalue weighted by Gasteiger charge is 2.28. The van der Waals surface area contributed by atoms with E-state index in [1.165, 1.54) is 17.5 Å². The lowest BCUT2D eigenvalue weighted by atomic mass is 10.1. The summed E-state index contributed by atoms with van der Waals surface area (Å²) >= 11 is 0. The lowest BCUT2D eigenvalue weighted by molar-refractivity contribution is 0.0600. The molecule has 11 heteroatoms.